The largest absolute Gasteiger partial charge is 0.0898 e. The van der Waals surface area contributed by atoms with Gasteiger partial charge in [0.2, 0.25) is 0 Å². The lowest BCUT2D eigenvalue weighted by atomic mass is 9.87. The minimum atomic E-state index is 0.214. The molecule has 0 saturated heterocycles. The third kappa shape index (κ3) is 3.77. The minimum absolute atomic E-state index is 0.214. The van der Waals surface area contributed by atoms with Gasteiger partial charge in [0.25, 0.3) is 0 Å². The average Bonchev–Trinajstić information content (AvgIpc) is 2.45. The van der Waals surface area contributed by atoms with Crippen LogP contribution in [-0.4, -0.2) is 0 Å². The van der Waals surface area contributed by atoms with Crippen LogP contribution < -0.4 is 0 Å². The van der Waals surface area contributed by atoms with Crippen LogP contribution in [0.2, 0.25) is 0 Å². The normalized spacial score (nSPS) is 12.5. The number of rotatable bonds is 3. The van der Waals surface area contributed by atoms with Crippen molar-refractivity contribution in [2.75, 3.05) is 0 Å². The van der Waals surface area contributed by atoms with Crippen molar-refractivity contribution in [2.24, 2.45) is 0 Å². The van der Waals surface area contributed by atoms with Crippen LogP contribution in [0.1, 0.15) is 38.8 Å². The quantitative estimate of drug-likeness (QED) is 0.609. The Balaban J connectivity index is 2.17. The molecule has 0 aromatic heterocycles. The van der Waals surface area contributed by atoms with Gasteiger partial charge in [-0.25, -0.2) is 0 Å². The highest BCUT2D eigenvalue weighted by Gasteiger charge is 2.13. The summed E-state index contributed by atoms with van der Waals surface area (Å²) in [6, 6.07) is 19.5. The molecule has 0 atom stereocenters. The summed E-state index contributed by atoms with van der Waals surface area (Å²) in [5.74, 6) is 0. The maximum Gasteiger partial charge on any atom is 0.0152 e. The first kappa shape index (κ1) is 14.9. The van der Waals surface area contributed by atoms with E-state index < -0.39 is 0 Å². The molecule has 0 amide bonds. The Morgan fingerprint density at radius 1 is 0.900 bits per heavy atom. The van der Waals surface area contributed by atoms with Gasteiger partial charge in [0.1, 0.15) is 0 Å². The zero-order valence-corrected chi connectivity index (χ0v) is 13.5. The van der Waals surface area contributed by atoms with Crippen molar-refractivity contribution >= 4 is 16.7 Å². The van der Waals surface area contributed by atoms with Gasteiger partial charge in [-0.05, 0) is 35.6 Å². The molecule has 0 N–H and O–H groups in total. The predicted molar refractivity (Wildman–Crippen MR) is 91.1 cm³/mol. The van der Waals surface area contributed by atoms with E-state index in [0.29, 0.717) is 0 Å². The Hall–Kier alpha value is -1.47. The molecule has 1 heteroatoms. The number of hydrogen-bond acceptors (Lipinski definition) is 1. The van der Waals surface area contributed by atoms with Crippen LogP contribution in [0.4, 0.5) is 0 Å². The van der Waals surface area contributed by atoms with Crippen LogP contribution in [0.3, 0.4) is 0 Å². The lowest BCUT2D eigenvalue weighted by Gasteiger charge is -2.19. The van der Waals surface area contributed by atoms with Crippen molar-refractivity contribution in [1.82, 2.24) is 0 Å². The first-order valence-electron chi connectivity index (χ1n) is 7.01. The summed E-state index contributed by atoms with van der Waals surface area (Å²) < 4.78 is 0. The van der Waals surface area contributed by atoms with E-state index in [4.69, 9.17) is 0 Å². The number of thioether (sulfide) groups is 1. The molecule has 0 aliphatic rings. The van der Waals surface area contributed by atoms with Gasteiger partial charge in [-0.2, -0.15) is 0 Å². The first-order valence-corrected chi connectivity index (χ1v) is 7.82. The Labute approximate surface area is 126 Å². The molecule has 0 aliphatic carbocycles. The van der Waals surface area contributed by atoms with E-state index in [1.807, 2.05) is 11.8 Å². The Kier molecular flexibility index (Phi) is 4.72. The lowest BCUT2D eigenvalue weighted by molar-refractivity contribution is 0.590. The summed E-state index contributed by atoms with van der Waals surface area (Å²) >= 11 is 1.82. The number of benzene rings is 2. The summed E-state index contributed by atoms with van der Waals surface area (Å²) in [7, 11) is 0. The molecule has 0 bridgehead atoms. The van der Waals surface area contributed by atoms with Gasteiger partial charge in [-0.1, -0.05) is 81.1 Å². The second-order valence-corrected chi connectivity index (χ2v) is 7.01. The summed E-state index contributed by atoms with van der Waals surface area (Å²) in [4.78, 5) is 2.59. The summed E-state index contributed by atoms with van der Waals surface area (Å²) in [6.07, 6.45) is 2.18. The second-order valence-electron chi connectivity index (χ2n) is 5.90. The third-order valence-corrected chi connectivity index (χ3v) is 4.47. The molecule has 0 fully saturated rings. The molecule has 2 aromatic rings. The predicted octanol–water partition coefficient (Wildman–Crippen LogP) is 6.14. The maximum absolute atomic E-state index is 2.25. The van der Waals surface area contributed by atoms with Crippen molar-refractivity contribution in [1.29, 1.82) is 0 Å². The van der Waals surface area contributed by atoms with E-state index in [0.717, 1.165) is 0 Å². The Morgan fingerprint density at radius 2 is 1.50 bits per heavy atom. The van der Waals surface area contributed by atoms with Gasteiger partial charge < -0.3 is 0 Å². The molecular weight excluding hydrogens is 260 g/mol. The zero-order chi connectivity index (χ0) is 14.6. The third-order valence-electron chi connectivity index (χ3n) is 3.27. The highest BCUT2D eigenvalue weighted by Crippen LogP contribution is 2.35. The molecule has 0 aliphatic heterocycles. The van der Waals surface area contributed by atoms with Crippen molar-refractivity contribution in [3.63, 3.8) is 0 Å². The second kappa shape index (κ2) is 6.32. The van der Waals surface area contributed by atoms with Gasteiger partial charge in [0.15, 0.2) is 0 Å². The minimum Gasteiger partial charge on any atom is -0.0898 e. The van der Waals surface area contributed by atoms with E-state index in [1.54, 1.807) is 0 Å². The van der Waals surface area contributed by atoms with Crippen LogP contribution in [0.5, 0.6) is 0 Å². The van der Waals surface area contributed by atoms with Gasteiger partial charge in [-0.3, -0.25) is 0 Å². The van der Waals surface area contributed by atoms with Crippen LogP contribution in [0.25, 0.3) is 4.91 Å². The molecule has 0 spiro atoms. The fraction of sp³-hybridized carbons (Fsp3) is 0.263. The highest BCUT2D eigenvalue weighted by molar-refractivity contribution is 8.08. The summed E-state index contributed by atoms with van der Waals surface area (Å²) in [5.41, 5.74) is 2.87. The average molecular weight is 282 g/mol. The molecule has 0 radical (unpaired) electrons. The van der Waals surface area contributed by atoms with Gasteiger partial charge in [0.05, 0.1) is 0 Å². The van der Waals surface area contributed by atoms with E-state index in [9.17, 15) is 0 Å². The van der Waals surface area contributed by atoms with Gasteiger partial charge in [0, 0.05) is 9.80 Å². The monoisotopic (exact) mass is 282 g/mol. The molecule has 2 aromatic carbocycles. The van der Waals surface area contributed by atoms with Crippen molar-refractivity contribution in [2.45, 2.75) is 38.0 Å². The molecular formula is C19H22S. The van der Waals surface area contributed by atoms with Crippen LogP contribution in [0.15, 0.2) is 65.6 Å². The molecule has 0 nitrogen and oxygen atoms in total. The smallest absolute Gasteiger partial charge is 0.0152 e. The zero-order valence-electron chi connectivity index (χ0n) is 12.7. The fourth-order valence-corrected chi connectivity index (χ4v) is 2.93. The fourth-order valence-electron chi connectivity index (χ4n) is 2.04. The van der Waals surface area contributed by atoms with E-state index in [1.165, 1.54) is 20.9 Å². The molecule has 20 heavy (non-hydrogen) atoms. The first-order chi connectivity index (χ1) is 9.50. The Bertz CT molecular complexity index is 571. The van der Waals surface area contributed by atoms with Gasteiger partial charge >= 0.3 is 0 Å². The molecule has 0 unspecified atom stereocenters. The van der Waals surface area contributed by atoms with Crippen LogP contribution in [-0.2, 0) is 5.41 Å². The topological polar surface area (TPSA) is 0 Å². The van der Waals surface area contributed by atoms with Gasteiger partial charge in [-0.15, -0.1) is 0 Å². The lowest BCUT2D eigenvalue weighted by Crippen LogP contribution is -2.10. The molecule has 2 rings (SSSR count). The van der Waals surface area contributed by atoms with Crippen LogP contribution >= 0.6 is 11.8 Å². The van der Waals surface area contributed by atoms with Crippen molar-refractivity contribution < 1.29 is 0 Å². The Morgan fingerprint density at radius 3 is 2.00 bits per heavy atom. The van der Waals surface area contributed by atoms with E-state index in [-0.39, 0.29) is 5.41 Å². The summed E-state index contributed by atoms with van der Waals surface area (Å²) in [6.45, 7) is 8.84. The van der Waals surface area contributed by atoms with Crippen LogP contribution in [0, 0.1) is 0 Å². The van der Waals surface area contributed by atoms with Crippen molar-refractivity contribution in [3.05, 3.63) is 71.8 Å². The number of hydrogen-bond donors (Lipinski definition) is 0. The SMILES string of the molecule is C/C=C(\Sc1ccc(C(C)(C)C)cc1)c1ccccc1. The maximum atomic E-state index is 2.25. The standard InChI is InChI=1S/C19H22S/c1-5-18(15-9-7-6-8-10-15)20-17-13-11-16(12-14-17)19(2,3)4/h5-14H,1-4H3/b18-5-. The van der Waals surface area contributed by atoms with Crippen molar-refractivity contribution in [3.8, 4) is 0 Å². The van der Waals surface area contributed by atoms with E-state index in [2.05, 4.69) is 88.4 Å². The number of allylic oxidation sites excluding steroid dienone is 1. The van der Waals surface area contributed by atoms with E-state index >= 15 is 0 Å². The summed E-state index contributed by atoms with van der Waals surface area (Å²) in [5, 5.41) is 0. The molecule has 0 heterocycles. The molecule has 0 saturated carbocycles. The highest BCUT2D eigenvalue weighted by atomic mass is 32.2. The molecule has 104 valence electrons.